The summed E-state index contributed by atoms with van der Waals surface area (Å²) in [6, 6.07) is 15.8. The number of carbonyl (C=O) groups is 1. The van der Waals surface area contributed by atoms with Gasteiger partial charge in [-0.2, -0.15) is 5.10 Å². The zero-order valence-corrected chi connectivity index (χ0v) is 18.0. The van der Waals surface area contributed by atoms with Gasteiger partial charge in [0.25, 0.3) is 5.91 Å². The van der Waals surface area contributed by atoms with Crippen molar-refractivity contribution in [3.63, 3.8) is 0 Å². The van der Waals surface area contributed by atoms with Gasteiger partial charge in [0.1, 0.15) is 0 Å². The SMILES string of the molecule is Cc1c2ccccc2nn1CCCNC(=O)c1cc(-c2ccc(S(C)(=O)=O)cc2)on1. The number of nitrogens with one attached hydrogen (secondary N) is 1. The van der Waals surface area contributed by atoms with Gasteiger partial charge in [-0.05, 0) is 43.7 Å². The fourth-order valence-electron chi connectivity index (χ4n) is 3.33. The Morgan fingerprint density at radius 3 is 2.58 bits per heavy atom. The lowest BCUT2D eigenvalue weighted by molar-refractivity contribution is 0.0943. The van der Waals surface area contributed by atoms with E-state index in [0.717, 1.165) is 29.3 Å². The van der Waals surface area contributed by atoms with Crippen molar-refractivity contribution in [3.8, 4) is 11.3 Å². The first kappa shape index (κ1) is 20.8. The Morgan fingerprint density at radius 1 is 1.13 bits per heavy atom. The van der Waals surface area contributed by atoms with Crippen LogP contribution in [0.15, 0.2) is 64.0 Å². The van der Waals surface area contributed by atoms with Crippen LogP contribution in [-0.2, 0) is 16.4 Å². The summed E-state index contributed by atoms with van der Waals surface area (Å²) in [6.45, 7) is 3.20. The molecule has 2 heterocycles. The zero-order valence-electron chi connectivity index (χ0n) is 17.2. The number of aryl methyl sites for hydroxylation is 2. The van der Waals surface area contributed by atoms with E-state index >= 15 is 0 Å². The lowest BCUT2D eigenvalue weighted by Gasteiger charge is -2.05. The summed E-state index contributed by atoms with van der Waals surface area (Å²) in [5.74, 6) is 0.0640. The van der Waals surface area contributed by atoms with Crippen LogP contribution in [-0.4, -0.2) is 42.1 Å². The van der Waals surface area contributed by atoms with Crippen molar-refractivity contribution in [2.45, 2.75) is 24.8 Å². The summed E-state index contributed by atoms with van der Waals surface area (Å²) in [5.41, 5.74) is 2.87. The first-order valence-corrected chi connectivity index (χ1v) is 11.7. The number of sulfone groups is 1. The Hall–Kier alpha value is -3.46. The number of aromatic nitrogens is 3. The van der Waals surface area contributed by atoms with Gasteiger partial charge in [0, 0.05) is 42.1 Å². The molecule has 2 aromatic carbocycles. The number of hydrogen-bond donors (Lipinski definition) is 1. The molecule has 4 aromatic rings. The van der Waals surface area contributed by atoms with Gasteiger partial charge in [-0.15, -0.1) is 0 Å². The predicted molar refractivity (Wildman–Crippen MR) is 116 cm³/mol. The molecule has 0 aliphatic rings. The second-order valence-corrected chi connectivity index (χ2v) is 9.32. The third-order valence-electron chi connectivity index (χ3n) is 5.05. The molecule has 0 atom stereocenters. The standard InChI is InChI=1S/C22H22N4O4S/c1-15-18-6-3-4-7-19(18)24-26(15)13-5-12-23-22(27)20-14-21(30-25-20)16-8-10-17(11-9-16)31(2,28)29/h3-4,6-11,14H,5,12-13H2,1-2H3,(H,23,27). The largest absolute Gasteiger partial charge is 0.355 e. The highest BCUT2D eigenvalue weighted by Gasteiger charge is 2.14. The Bertz CT molecular complexity index is 1340. The van der Waals surface area contributed by atoms with Crippen molar-refractivity contribution in [2.75, 3.05) is 12.8 Å². The molecule has 160 valence electrons. The van der Waals surface area contributed by atoms with Gasteiger partial charge in [0.15, 0.2) is 21.3 Å². The van der Waals surface area contributed by atoms with Crippen molar-refractivity contribution >= 4 is 26.6 Å². The molecule has 0 aliphatic heterocycles. The van der Waals surface area contributed by atoms with Crippen molar-refractivity contribution in [1.29, 1.82) is 0 Å². The Balaban J connectivity index is 1.33. The molecule has 8 nitrogen and oxygen atoms in total. The van der Waals surface area contributed by atoms with Crippen LogP contribution < -0.4 is 5.32 Å². The Labute approximate surface area is 179 Å². The second-order valence-electron chi connectivity index (χ2n) is 7.31. The summed E-state index contributed by atoms with van der Waals surface area (Å²) in [7, 11) is -3.27. The molecule has 4 rings (SSSR count). The van der Waals surface area contributed by atoms with E-state index in [9.17, 15) is 13.2 Å². The predicted octanol–water partition coefficient (Wildman–Crippen LogP) is 3.22. The van der Waals surface area contributed by atoms with Crippen LogP contribution in [0.4, 0.5) is 0 Å². The second kappa shape index (κ2) is 8.35. The van der Waals surface area contributed by atoms with E-state index in [2.05, 4.69) is 15.6 Å². The molecule has 0 radical (unpaired) electrons. The fourth-order valence-corrected chi connectivity index (χ4v) is 3.97. The number of carbonyl (C=O) groups excluding carboxylic acids is 1. The minimum atomic E-state index is -3.27. The van der Waals surface area contributed by atoms with Gasteiger partial charge in [0.2, 0.25) is 0 Å². The maximum Gasteiger partial charge on any atom is 0.273 e. The van der Waals surface area contributed by atoms with Crippen LogP contribution in [0.3, 0.4) is 0 Å². The van der Waals surface area contributed by atoms with Crippen LogP contribution >= 0.6 is 0 Å². The topological polar surface area (TPSA) is 107 Å². The molecule has 0 saturated carbocycles. The van der Waals surface area contributed by atoms with Gasteiger partial charge in [-0.1, -0.05) is 23.4 Å². The highest BCUT2D eigenvalue weighted by molar-refractivity contribution is 7.90. The minimum Gasteiger partial charge on any atom is -0.355 e. The number of hydrogen-bond acceptors (Lipinski definition) is 6. The van der Waals surface area contributed by atoms with Gasteiger partial charge in [0.05, 0.1) is 10.4 Å². The highest BCUT2D eigenvalue weighted by Crippen LogP contribution is 2.22. The molecule has 1 amide bonds. The number of nitrogens with zero attached hydrogens (tertiary/aromatic N) is 3. The summed E-state index contributed by atoms with van der Waals surface area (Å²) < 4.78 is 30.3. The van der Waals surface area contributed by atoms with Crippen LogP contribution in [0.5, 0.6) is 0 Å². The molecule has 0 spiro atoms. The number of benzene rings is 2. The lowest BCUT2D eigenvalue weighted by atomic mass is 10.1. The van der Waals surface area contributed by atoms with Crippen LogP contribution in [0.1, 0.15) is 22.6 Å². The van der Waals surface area contributed by atoms with Crippen molar-refractivity contribution in [3.05, 3.63) is 66.0 Å². The van der Waals surface area contributed by atoms with Gasteiger partial charge in [-0.25, -0.2) is 8.42 Å². The third-order valence-corrected chi connectivity index (χ3v) is 6.18. The first-order chi connectivity index (χ1) is 14.8. The molecule has 0 saturated heterocycles. The molecule has 9 heteroatoms. The molecule has 0 fully saturated rings. The number of fused-ring (bicyclic) bond motifs is 1. The van der Waals surface area contributed by atoms with E-state index < -0.39 is 9.84 Å². The zero-order chi connectivity index (χ0) is 22.0. The fraction of sp³-hybridized carbons (Fsp3) is 0.227. The number of amides is 1. The molecule has 0 unspecified atom stereocenters. The monoisotopic (exact) mass is 438 g/mol. The van der Waals surface area contributed by atoms with Crippen molar-refractivity contribution < 1.29 is 17.7 Å². The van der Waals surface area contributed by atoms with E-state index in [1.165, 1.54) is 18.2 Å². The van der Waals surface area contributed by atoms with E-state index in [1.807, 2.05) is 35.9 Å². The van der Waals surface area contributed by atoms with Crippen LogP contribution in [0.2, 0.25) is 0 Å². The quantitative estimate of drug-likeness (QED) is 0.444. The van der Waals surface area contributed by atoms with E-state index in [1.54, 1.807) is 12.1 Å². The summed E-state index contributed by atoms with van der Waals surface area (Å²) in [4.78, 5) is 12.6. The number of rotatable bonds is 7. The molecule has 0 bridgehead atoms. The minimum absolute atomic E-state index is 0.170. The molecular weight excluding hydrogens is 416 g/mol. The van der Waals surface area contributed by atoms with E-state index in [4.69, 9.17) is 4.52 Å². The summed E-state index contributed by atoms with van der Waals surface area (Å²) >= 11 is 0. The van der Waals surface area contributed by atoms with E-state index in [-0.39, 0.29) is 16.5 Å². The average molecular weight is 439 g/mol. The maximum absolute atomic E-state index is 12.4. The van der Waals surface area contributed by atoms with Crippen LogP contribution in [0.25, 0.3) is 22.2 Å². The van der Waals surface area contributed by atoms with Crippen molar-refractivity contribution in [1.82, 2.24) is 20.3 Å². The summed E-state index contributed by atoms with van der Waals surface area (Å²) in [5, 5.41) is 12.4. The Kier molecular flexibility index (Phi) is 5.60. The van der Waals surface area contributed by atoms with Gasteiger partial charge >= 0.3 is 0 Å². The molecule has 2 aromatic heterocycles. The van der Waals surface area contributed by atoms with Crippen LogP contribution in [0, 0.1) is 6.92 Å². The van der Waals surface area contributed by atoms with Gasteiger partial charge in [-0.3, -0.25) is 9.48 Å². The molecule has 0 aliphatic carbocycles. The van der Waals surface area contributed by atoms with Gasteiger partial charge < -0.3 is 9.84 Å². The normalized spacial score (nSPS) is 11.7. The molecule has 1 N–H and O–H groups in total. The summed E-state index contributed by atoms with van der Waals surface area (Å²) in [6.07, 6.45) is 1.87. The first-order valence-electron chi connectivity index (χ1n) is 9.80. The Morgan fingerprint density at radius 2 is 1.87 bits per heavy atom. The smallest absolute Gasteiger partial charge is 0.273 e. The maximum atomic E-state index is 12.4. The van der Waals surface area contributed by atoms with E-state index in [0.29, 0.717) is 24.4 Å². The highest BCUT2D eigenvalue weighted by atomic mass is 32.2. The average Bonchev–Trinajstić information content (AvgIpc) is 3.36. The molecular formula is C22H22N4O4S. The van der Waals surface area contributed by atoms with Crippen molar-refractivity contribution in [2.24, 2.45) is 0 Å². The molecule has 31 heavy (non-hydrogen) atoms. The lowest BCUT2D eigenvalue weighted by Crippen LogP contribution is -2.25. The third kappa shape index (κ3) is 4.51.